The van der Waals surface area contributed by atoms with Gasteiger partial charge in [0.15, 0.2) is 0 Å². The van der Waals surface area contributed by atoms with Gasteiger partial charge in [-0.15, -0.1) is 10.2 Å². The zero-order valence-electron chi connectivity index (χ0n) is 11.2. The second-order valence-corrected chi connectivity index (χ2v) is 4.31. The molecule has 0 aliphatic carbocycles. The van der Waals surface area contributed by atoms with E-state index in [1.165, 1.54) is 0 Å². The molecule has 1 aromatic carbocycles. The van der Waals surface area contributed by atoms with Crippen LogP contribution < -0.4 is 4.90 Å². The van der Waals surface area contributed by atoms with Crippen LogP contribution in [0.1, 0.15) is 10.4 Å². The Labute approximate surface area is 116 Å². The maximum absolute atomic E-state index is 11.3. The molecule has 0 unspecified atom stereocenters. The third-order valence-electron chi connectivity index (χ3n) is 2.65. The molecule has 0 aliphatic heterocycles. The molecular formula is C14H14N4O2. The largest absolute Gasteiger partial charge is 0.478 e. The van der Waals surface area contributed by atoms with Crippen LogP contribution in [0.25, 0.3) is 0 Å². The Morgan fingerprint density at radius 3 is 2.65 bits per heavy atom. The average molecular weight is 270 g/mol. The first-order valence-electron chi connectivity index (χ1n) is 5.94. The molecule has 1 N–H and O–H groups in total. The predicted molar refractivity (Wildman–Crippen MR) is 76.1 cm³/mol. The normalized spacial score (nSPS) is 10.7. The Balaban J connectivity index is 2.36. The maximum atomic E-state index is 11.3. The van der Waals surface area contributed by atoms with E-state index >= 15 is 0 Å². The van der Waals surface area contributed by atoms with E-state index in [1.807, 2.05) is 19.0 Å². The molecule has 0 amide bonds. The molecule has 0 atom stereocenters. The van der Waals surface area contributed by atoms with Crippen LogP contribution >= 0.6 is 0 Å². The number of benzene rings is 1. The van der Waals surface area contributed by atoms with Gasteiger partial charge >= 0.3 is 5.97 Å². The smallest absolute Gasteiger partial charge is 0.338 e. The fourth-order valence-electron chi connectivity index (χ4n) is 1.59. The highest BCUT2D eigenvalue weighted by Crippen LogP contribution is 2.26. The quantitative estimate of drug-likeness (QED) is 0.865. The molecular weight excluding hydrogens is 256 g/mol. The Morgan fingerprint density at radius 2 is 2.05 bits per heavy atom. The van der Waals surface area contributed by atoms with Crippen molar-refractivity contribution in [1.29, 1.82) is 0 Å². The summed E-state index contributed by atoms with van der Waals surface area (Å²) in [5.74, 6) is -1.03. The summed E-state index contributed by atoms with van der Waals surface area (Å²) < 4.78 is 0. The van der Waals surface area contributed by atoms with Crippen LogP contribution in [0.4, 0.5) is 17.1 Å². The van der Waals surface area contributed by atoms with Crippen molar-refractivity contribution in [2.45, 2.75) is 0 Å². The summed E-state index contributed by atoms with van der Waals surface area (Å²) >= 11 is 0. The van der Waals surface area contributed by atoms with Gasteiger partial charge in [0.2, 0.25) is 0 Å². The summed E-state index contributed by atoms with van der Waals surface area (Å²) in [6.45, 7) is 0. The van der Waals surface area contributed by atoms with Crippen LogP contribution in [0, 0.1) is 0 Å². The molecule has 0 saturated heterocycles. The van der Waals surface area contributed by atoms with Crippen LogP contribution in [-0.2, 0) is 0 Å². The van der Waals surface area contributed by atoms with Crippen molar-refractivity contribution in [3.05, 3.63) is 48.3 Å². The maximum Gasteiger partial charge on any atom is 0.338 e. The van der Waals surface area contributed by atoms with Gasteiger partial charge in [0, 0.05) is 26.0 Å². The summed E-state index contributed by atoms with van der Waals surface area (Å²) in [6, 6.07) is 8.48. The topological polar surface area (TPSA) is 78.2 Å². The number of azo groups is 1. The number of hydrogen-bond acceptors (Lipinski definition) is 5. The summed E-state index contributed by atoms with van der Waals surface area (Å²) in [7, 11) is 3.69. The van der Waals surface area contributed by atoms with Crippen LogP contribution in [0.3, 0.4) is 0 Å². The second kappa shape index (κ2) is 5.92. The van der Waals surface area contributed by atoms with E-state index in [9.17, 15) is 9.90 Å². The van der Waals surface area contributed by atoms with Gasteiger partial charge < -0.3 is 10.0 Å². The van der Waals surface area contributed by atoms with Gasteiger partial charge in [0.25, 0.3) is 0 Å². The first-order chi connectivity index (χ1) is 9.58. The lowest BCUT2D eigenvalue weighted by Crippen LogP contribution is -2.09. The van der Waals surface area contributed by atoms with Gasteiger partial charge in [-0.2, -0.15) is 0 Å². The fraction of sp³-hybridized carbons (Fsp3) is 0.143. The van der Waals surface area contributed by atoms with Gasteiger partial charge in [-0.25, -0.2) is 4.79 Å². The average Bonchev–Trinajstić information content (AvgIpc) is 2.45. The Hall–Kier alpha value is -2.76. The SMILES string of the molecule is CN(C)c1ccc(N=Nc2cccnc2)c(C(=O)O)c1. The van der Waals surface area contributed by atoms with Crippen LogP contribution in [0.15, 0.2) is 53.0 Å². The minimum atomic E-state index is -1.03. The zero-order chi connectivity index (χ0) is 14.5. The van der Waals surface area contributed by atoms with E-state index in [0.29, 0.717) is 11.4 Å². The molecule has 1 aromatic heterocycles. The van der Waals surface area contributed by atoms with Crippen molar-refractivity contribution in [1.82, 2.24) is 4.98 Å². The van der Waals surface area contributed by atoms with Gasteiger partial charge in [0.05, 0.1) is 11.8 Å². The monoisotopic (exact) mass is 270 g/mol. The fourth-order valence-corrected chi connectivity index (χ4v) is 1.59. The Kier molecular flexibility index (Phi) is 4.05. The van der Waals surface area contributed by atoms with Crippen molar-refractivity contribution in [2.75, 3.05) is 19.0 Å². The number of rotatable bonds is 4. The van der Waals surface area contributed by atoms with Crippen LogP contribution in [0.5, 0.6) is 0 Å². The predicted octanol–water partition coefficient (Wildman–Crippen LogP) is 3.26. The number of pyridine rings is 1. The highest BCUT2D eigenvalue weighted by molar-refractivity contribution is 5.94. The second-order valence-electron chi connectivity index (χ2n) is 4.31. The summed E-state index contributed by atoms with van der Waals surface area (Å²) in [5.41, 5.74) is 1.79. The third kappa shape index (κ3) is 3.17. The third-order valence-corrected chi connectivity index (χ3v) is 2.65. The molecule has 0 aliphatic rings. The highest BCUT2D eigenvalue weighted by atomic mass is 16.4. The van der Waals surface area contributed by atoms with E-state index in [1.54, 1.807) is 42.7 Å². The standard InChI is InChI=1S/C14H14N4O2/c1-18(2)11-5-6-13(12(8-11)14(19)20)17-16-10-4-3-7-15-9-10/h3-9H,1-2H3,(H,19,20). The summed E-state index contributed by atoms with van der Waals surface area (Å²) in [6.07, 6.45) is 3.19. The summed E-state index contributed by atoms with van der Waals surface area (Å²) in [5, 5.41) is 17.2. The first-order valence-corrected chi connectivity index (χ1v) is 5.94. The molecule has 2 rings (SSSR count). The lowest BCUT2D eigenvalue weighted by Gasteiger charge is -2.13. The first kappa shape index (κ1) is 13.7. The van der Waals surface area contributed by atoms with Crippen LogP contribution in [0.2, 0.25) is 0 Å². The molecule has 20 heavy (non-hydrogen) atoms. The summed E-state index contributed by atoms with van der Waals surface area (Å²) in [4.78, 5) is 17.0. The molecule has 6 nitrogen and oxygen atoms in total. The van der Waals surface area contributed by atoms with Gasteiger partial charge in [-0.3, -0.25) is 4.98 Å². The molecule has 1 heterocycles. The highest BCUT2D eigenvalue weighted by Gasteiger charge is 2.11. The van der Waals surface area contributed by atoms with Gasteiger partial charge in [-0.1, -0.05) is 0 Å². The van der Waals surface area contributed by atoms with Gasteiger partial charge in [0.1, 0.15) is 11.4 Å². The number of aromatic nitrogens is 1. The molecule has 0 saturated carbocycles. The molecule has 0 spiro atoms. The van der Waals surface area contributed by atoms with Crippen molar-refractivity contribution in [3.8, 4) is 0 Å². The number of carbonyl (C=O) groups is 1. The molecule has 2 aromatic rings. The Bertz CT molecular complexity index is 639. The number of hydrogen-bond donors (Lipinski definition) is 1. The van der Waals surface area contributed by atoms with Gasteiger partial charge in [-0.05, 0) is 30.3 Å². The number of nitrogens with zero attached hydrogens (tertiary/aromatic N) is 4. The molecule has 6 heteroatoms. The van der Waals surface area contributed by atoms with E-state index in [0.717, 1.165) is 5.69 Å². The van der Waals surface area contributed by atoms with Crippen molar-refractivity contribution in [2.24, 2.45) is 10.2 Å². The minimum absolute atomic E-state index is 0.115. The number of carboxylic acids is 1. The molecule has 0 bridgehead atoms. The van der Waals surface area contributed by atoms with E-state index in [4.69, 9.17) is 0 Å². The number of carboxylic acid groups (broad SMARTS) is 1. The van der Waals surface area contributed by atoms with E-state index < -0.39 is 5.97 Å². The van der Waals surface area contributed by atoms with Crippen molar-refractivity contribution in [3.63, 3.8) is 0 Å². The van der Waals surface area contributed by atoms with Crippen molar-refractivity contribution >= 4 is 23.0 Å². The van der Waals surface area contributed by atoms with E-state index in [2.05, 4.69) is 15.2 Å². The molecule has 0 fully saturated rings. The van der Waals surface area contributed by atoms with E-state index in [-0.39, 0.29) is 5.56 Å². The van der Waals surface area contributed by atoms with Crippen molar-refractivity contribution < 1.29 is 9.90 Å². The van der Waals surface area contributed by atoms with Crippen LogP contribution in [-0.4, -0.2) is 30.2 Å². The molecule has 0 radical (unpaired) electrons. The molecule has 102 valence electrons. The lowest BCUT2D eigenvalue weighted by atomic mass is 10.1. The Morgan fingerprint density at radius 1 is 1.25 bits per heavy atom. The zero-order valence-corrected chi connectivity index (χ0v) is 11.2. The number of anilines is 1. The number of aromatic carboxylic acids is 1. The minimum Gasteiger partial charge on any atom is -0.478 e. The lowest BCUT2D eigenvalue weighted by molar-refractivity contribution is 0.0698.